The van der Waals surface area contributed by atoms with Crippen molar-refractivity contribution >= 4 is 0 Å². The van der Waals surface area contributed by atoms with Gasteiger partial charge in [0.1, 0.15) is 0 Å². The molecule has 0 amide bonds. The van der Waals surface area contributed by atoms with E-state index in [1.165, 1.54) is 44.9 Å². The molecule has 0 aromatic carbocycles. The third kappa shape index (κ3) is 2.29. The van der Waals surface area contributed by atoms with Crippen LogP contribution in [0.1, 0.15) is 58.8 Å². The maximum atomic E-state index is 2.52. The van der Waals surface area contributed by atoms with Gasteiger partial charge in [-0.3, -0.25) is 0 Å². The molecule has 86 valence electrons. The number of fused-ring (bicyclic) bond motifs is 2. The van der Waals surface area contributed by atoms with Gasteiger partial charge < -0.3 is 0 Å². The lowest BCUT2D eigenvalue weighted by molar-refractivity contribution is 0.275. The third-order valence-electron chi connectivity index (χ3n) is 4.66. The molecule has 0 aromatic rings. The van der Waals surface area contributed by atoms with E-state index in [2.05, 4.69) is 26.0 Å². The summed E-state index contributed by atoms with van der Waals surface area (Å²) in [5, 5.41) is 0. The first-order chi connectivity index (χ1) is 7.36. The number of rotatable bonds is 6. The summed E-state index contributed by atoms with van der Waals surface area (Å²) >= 11 is 0. The monoisotopic (exact) mass is 206 g/mol. The highest BCUT2D eigenvalue weighted by Crippen LogP contribution is 2.51. The van der Waals surface area contributed by atoms with Gasteiger partial charge in [-0.2, -0.15) is 0 Å². The van der Waals surface area contributed by atoms with E-state index in [-0.39, 0.29) is 0 Å². The molecule has 0 aliphatic heterocycles. The molecule has 0 nitrogen and oxygen atoms in total. The van der Waals surface area contributed by atoms with E-state index >= 15 is 0 Å². The van der Waals surface area contributed by atoms with Crippen LogP contribution in [-0.4, -0.2) is 0 Å². The van der Waals surface area contributed by atoms with Gasteiger partial charge in [0.2, 0.25) is 0 Å². The van der Waals surface area contributed by atoms with Gasteiger partial charge in [0.05, 0.1) is 0 Å². The normalized spacial score (nSPS) is 37.7. The van der Waals surface area contributed by atoms with Crippen molar-refractivity contribution < 1.29 is 0 Å². The van der Waals surface area contributed by atoms with Crippen molar-refractivity contribution in [3.8, 4) is 0 Å². The van der Waals surface area contributed by atoms with Crippen molar-refractivity contribution in [3.63, 3.8) is 0 Å². The van der Waals surface area contributed by atoms with Gasteiger partial charge in [-0.1, -0.05) is 58.1 Å². The van der Waals surface area contributed by atoms with Crippen LogP contribution in [0.3, 0.4) is 0 Å². The van der Waals surface area contributed by atoms with E-state index in [0.717, 1.165) is 23.7 Å². The first-order valence-electron chi connectivity index (χ1n) is 7.05. The second kappa shape index (κ2) is 5.18. The molecule has 15 heavy (non-hydrogen) atoms. The Morgan fingerprint density at radius 1 is 0.933 bits per heavy atom. The Morgan fingerprint density at radius 3 is 2.33 bits per heavy atom. The molecule has 2 rings (SSSR count). The van der Waals surface area contributed by atoms with E-state index < -0.39 is 0 Å². The van der Waals surface area contributed by atoms with Crippen molar-refractivity contribution in [1.82, 2.24) is 0 Å². The summed E-state index contributed by atoms with van der Waals surface area (Å²) in [6.07, 6.45) is 15.2. The largest absolute Gasteiger partial charge is 0.0848 e. The second-order valence-corrected chi connectivity index (χ2v) is 5.53. The Kier molecular flexibility index (Phi) is 3.88. The SMILES string of the molecule is CCCCCCC1C2C=CC(C2)C1CC. The Balaban J connectivity index is 1.78. The zero-order valence-electron chi connectivity index (χ0n) is 10.4. The predicted molar refractivity (Wildman–Crippen MR) is 66.8 cm³/mol. The molecule has 1 fully saturated rings. The van der Waals surface area contributed by atoms with Gasteiger partial charge in [-0.15, -0.1) is 0 Å². The van der Waals surface area contributed by atoms with Crippen molar-refractivity contribution in [2.75, 3.05) is 0 Å². The summed E-state index contributed by atoms with van der Waals surface area (Å²) in [5.74, 6) is 3.99. The molecule has 2 aliphatic rings. The number of hydrogen-bond acceptors (Lipinski definition) is 0. The highest BCUT2D eigenvalue weighted by Gasteiger charge is 2.42. The average Bonchev–Trinajstić information content (AvgIpc) is 2.84. The van der Waals surface area contributed by atoms with Crippen LogP contribution < -0.4 is 0 Å². The average molecular weight is 206 g/mol. The van der Waals surface area contributed by atoms with Gasteiger partial charge >= 0.3 is 0 Å². The number of allylic oxidation sites excluding steroid dienone is 2. The van der Waals surface area contributed by atoms with Crippen molar-refractivity contribution in [2.45, 2.75) is 58.8 Å². The summed E-state index contributed by atoms with van der Waals surface area (Å²) < 4.78 is 0. The van der Waals surface area contributed by atoms with Crippen molar-refractivity contribution in [3.05, 3.63) is 12.2 Å². The fourth-order valence-corrected chi connectivity index (χ4v) is 3.87. The van der Waals surface area contributed by atoms with Crippen LogP contribution in [0.25, 0.3) is 0 Å². The molecule has 2 bridgehead atoms. The van der Waals surface area contributed by atoms with Gasteiger partial charge in [-0.05, 0) is 36.5 Å². The lowest BCUT2D eigenvalue weighted by Crippen LogP contribution is -2.18. The van der Waals surface area contributed by atoms with Crippen molar-refractivity contribution in [2.24, 2.45) is 23.7 Å². The van der Waals surface area contributed by atoms with Gasteiger partial charge in [0.15, 0.2) is 0 Å². The van der Waals surface area contributed by atoms with Gasteiger partial charge in [0.25, 0.3) is 0 Å². The minimum Gasteiger partial charge on any atom is -0.0848 e. The minimum atomic E-state index is 0.955. The van der Waals surface area contributed by atoms with Crippen LogP contribution in [-0.2, 0) is 0 Å². The van der Waals surface area contributed by atoms with Crippen LogP contribution in [0, 0.1) is 23.7 Å². The molecule has 0 aromatic heterocycles. The summed E-state index contributed by atoms with van der Waals surface area (Å²) in [4.78, 5) is 0. The van der Waals surface area contributed by atoms with E-state index in [1.807, 2.05) is 0 Å². The lowest BCUT2D eigenvalue weighted by atomic mass is 9.78. The zero-order chi connectivity index (χ0) is 10.7. The fourth-order valence-electron chi connectivity index (χ4n) is 3.87. The molecule has 0 heterocycles. The van der Waals surface area contributed by atoms with E-state index in [4.69, 9.17) is 0 Å². The minimum absolute atomic E-state index is 0.955. The summed E-state index contributed by atoms with van der Waals surface area (Å²) in [6, 6.07) is 0. The molecule has 1 saturated carbocycles. The molecule has 4 atom stereocenters. The van der Waals surface area contributed by atoms with E-state index in [1.54, 1.807) is 0 Å². The van der Waals surface area contributed by atoms with Crippen LogP contribution in [0.2, 0.25) is 0 Å². The van der Waals surface area contributed by atoms with Crippen LogP contribution >= 0.6 is 0 Å². The third-order valence-corrected chi connectivity index (χ3v) is 4.66. The summed E-state index contributed by atoms with van der Waals surface area (Å²) in [5.41, 5.74) is 0. The molecule has 0 radical (unpaired) electrons. The Hall–Kier alpha value is -0.260. The van der Waals surface area contributed by atoms with Crippen LogP contribution in [0.5, 0.6) is 0 Å². The molecule has 0 spiro atoms. The zero-order valence-corrected chi connectivity index (χ0v) is 10.4. The predicted octanol–water partition coefficient (Wildman–Crippen LogP) is 4.81. The number of unbranched alkanes of at least 4 members (excludes halogenated alkanes) is 3. The highest BCUT2D eigenvalue weighted by molar-refractivity contribution is 5.13. The maximum absolute atomic E-state index is 2.52. The Labute approximate surface area is 95.1 Å². The first-order valence-corrected chi connectivity index (χ1v) is 7.05. The van der Waals surface area contributed by atoms with Crippen molar-refractivity contribution in [1.29, 1.82) is 0 Å². The van der Waals surface area contributed by atoms with Crippen LogP contribution in [0.4, 0.5) is 0 Å². The second-order valence-electron chi connectivity index (χ2n) is 5.53. The molecule has 0 N–H and O–H groups in total. The molecular weight excluding hydrogens is 180 g/mol. The molecule has 0 heteroatoms. The molecule has 4 unspecified atom stereocenters. The van der Waals surface area contributed by atoms with Crippen LogP contribution in [0.15, 0.2) is 12.2 Å². The lowest BCUT2D eigenvalue weighted by Gasteiger charge is -2.27. The summed E-state index contributed by atoms with van der Waals surface area (Å²) in [7, 11) is 0. The smallest absolute Gasteiger partial charge is 0.0196 e. The standard InChI is InChI=1S/C15H26/c1-3-5-6-7-8-15-13-10-9-12(11-13)14(15)4-2/h9-10,12-15H,3-8,11H2,1-2H3. The Bertz CT molecular complexity index is 216. The van der Waals surface area contributed by atoms with E-state index in [9.17, 15) is 0 Å². The van der Waals surface area contributed by atoms with Gasteiger partial charge in [-0.25, -0.2) is 0 Å². The van der Waals surface area contributed by atoms with E-state index in [0.29, 0.717) is 0 Å². The Morgan fingerprint density at radius 2 is 1.67 bits per heavy atom. The topological polar surface area (TPSA) is 0 Å². The fraction of sp³-hybridized carbons (Fsp3) is 0.867. The van der Waals surface area contributed by atoms with Gasteiger partial charge in [0, 0.05) is 0 Å². The molecule has 2 aliphatic carbocycles. The molecule has 0 saturated heterocycles. The highest BCUT2D eigenvalue weighted by atomic mass is 14.5. The summed E-state index contributed by atoms with van der Waals surface area (Å²) in [6.45, 7) is 4.69. The maximum Gasteiger partial charge on any atom is -0.0196 e. The molecular formula is C15H26. The quantitative estimate of drug-likeness (QED) is 0.432. The first kappa shape index (κ1) is 11.2. The number of hydrogen-bond donors (Lipinski definition) is 0.